The lowest BCUT2D eigenvalue weighted by atomic mass is 9.79. The highest BCUT2D eigenvalue weighted by molar-refractivity contribution is 5.80. The third-order valence-corrected chi connectivity index (χ3v) is 6.64. The van der Waals surface area contributed by atoms with Crippen LogP contribution in [0.15, 0.2) is 42.5 Å². The molecule has 1 fully saturated rings. The number of rotatable bonds is 7. The molecule has 0 bridgehead atoms. The molecule has 38 heavy (non-hydrogen) atoms. The molecule has 0 saturated heterocycles. The molecule has 1 aliphatic carbocycles. The highest BCUT2D eigenvalue weighted by atomic mass is 16.6. The summed E-state index contributed by atoms with van der Waals surface area (Å²) in [6.07, 6.45) is 2.63. The molecule has 0 radical (unpaired) electrons. The Morgan fingerprint density at radius 1 is 1.11 bits per heavy atom. The van der Waals surface area contributed by atoms with Crippen LogP contribution >= 0.6 is 0 Å². The molecule has 2 aromatic rings. The van der Waals surface area contributed by atoms with Gasteiger partial charge in [0, 0.05) is 19.0 Å². The molecule has 1 N–H and O–H groups in total. The number of carbonyl (C=O) groups is 3. The predicted octanol–water partition coefficient (Wildman–Crippen LogP) is 4.81. The van der Waals surface area contributed by atoms with Crippen molar-refractivity contribution in [1.29, 1.82) is 0 Å². The van der Waals surface area contributed by atoms with Crippen molar-refractivity contribution in [3.63, 3.8) is 0 Å². The number of pyridine rings is 1. The van der Waals surface area contributed by atoms with Gasteiger partial charge in [0.2, 0.25) is 0 Å². The van der Waals surface area contributed by atoms with Crippen molar-refractivity contribution in [2.24, 2.45) is 5.92 Å². The minimum atomic E-state index is -0.580. The minimum absolute atomic E-state index is 0.0552. The van der Waals surface area contributed by atoms with Crippen LogP contribution in [0.4, 0.5) is 9.59 Å². The number of hydrogen-bond donors (Lipinski definition) is 1. The summed E-state index contributed by atoms with van der Waals surface area (Å²) in [5.74, 6) is 0.771. The molecule has 204 valence electrons. The van der Waals surface area contributed by atoms with E-state index in [9.17, 15) is 14.4 Å². The van der Waals surface area contributed by atoms with E-state index in [1.165, 1.54) is 0 Å². The van der Waals surface area contributed by atoms with Crippen molar-refractivity contribution in [3.05, 3.63) is 59.4 Å². The van der Waals surface area contributed by atoms with E-state index in [-0.39, 0.29) is 37.5 Å². The molecule has 1 saturated carbocycles. The molecule has 2 aliphatic rings. The Bertz CT molecular complexity index is 1130. The molecule has 2 atom stereocenters. The van der Waals surface area contributed by atoms with E-state index in [1.807, 2.05) is 63.2 Å². The number of ether oxygens (including phenoxy) is 3. The van der Waals surface area contributed by atoms with Crippen LogP contribution in [0.5, 0.6) is 5.75 Å². The number of carbonyl (C=O) groups excluding carboxylic acids is 3. The number of benzene rings is 1. The molecule has 1 aromatic heterocycles. The second kappa shape index (κ2) is 12.3. The van der Waals surface area contributed by atoms with E-state index in [0.29, 0.717) is 37.3 Å². The normalized spacial score (nSPS) is 19.1. The summed E-state index contributed by atoms with van der Waals surface area (Å²) >= 11 is 0. The summed E-state index contributed by atoms with van der Waals surface area (Å²) in [6.45, 7) is 6.38. The Labute approximate surface area is 223 Å². The summed E-state index contributed by atoms with van der Waals surface area (Å²) in [7, 11) is 0. The SMILES string of the molecule is CC(C)(C)OC(=O)N[C@@H]1CCC1CN(Cc1ccc2c(n1)CCCC(=O)CO2)C(=O)OCc1ccccc1. The number of ketones is 1. The molecule has 9 nitrogen and oxygen atoms in total. The second-order valence-corrected chi connectivity index (χ2v) is 10.9. The molecule has 4 rings (SSSR count). The third-order valence-electron chi connectivity index (χ3n) is 6.64. The number of aryl methyl sites for hydroxylation is 1. The fraction of sp³-hybridized carbons (Fsp3) is 0.517. The first-order valence-electron chi connectivity index (χ1n) is 13.2. The highest BCUT2D eigenvalue weighted by Gasteiger charge is 2.36. The summed E-state index contributed by atoms with van der Waals surface area (Å²) in [5.41, 5.74) is 1.83. The number of fused-ring (bicyclic) bond motifs is 1. The van der Waals surface area contributed by atoms with Gasteiger partial charge >= 0.3 is 12.2 Å². The van der Waals surface area contributed by atoms with Gasteiger partial charge in [-0.15, -0.1) is 0 Å². The zero-order valence-electron chi connectivity index (χ0n) is 22.4. The van der Waals surface area contributed by atoms with Gasteiger partial charge in [0.1, 0.15) is 24.6 Å². The molecule has 1 aromatic carbocycles. The summed E-state index contributed by atoms with van der Waals surface area (Å²) in [6, 6.07) is 13.1. The van der Waals surface area contributed by atoms with Gasteiger partial charge in [-0.3, -0.25) is 9.78 Å². The van der Waals surface area contributed by atoms with Gasteiger partial charge in [0.25, 0.3) is 0 Å². The van der Waals surface area contributed by atoms with Gasteiger partial charge in [-0.2, -0.15) is 0 Å². The Balaban J connectivity index is 1.45. The first-order chi connectivity index (χ1) is 18.2. The molecule has 1 unspecified atom stereocenters. The maximum atomic E-state index is 13.2. The van der Waals surface area contributed by atoms with E-state index in [0.717, 1.165) is 24.1 Å². The van der Waals surface area contributed by atoms with Crippen LogP contribution in [-0.2, 0) is 33.8 Å². The second-order valence-electron chi connectivity index (χ2n) is 10.9. The van der Waals surface area contributed by atoms with Crippen molar-refractivity contribution in [1.82, 2.24) is 15.2 Å². The Hall–Kier alpha value is -3.62. The minimum Gasteiger partial charge on any atom is -0.484 e. The number of nitrogens with zero attached hydrogens (tertiary/aromatic N) is 2. The van der Waals surface area contributed by atoms with Crippen LogP contribution in [0.2, 0.25) is 0 Å². The summed E-state index contributed by atoms with van der Waals surface area (Å²) < 4.78 is 16.7. The van der Waals surface area contributed by atoms with Gasteiger partial charge in [0.15, 0.2) is 5.78 Å². The van der Waals surface area contributed by atoms with E-state index < -0.39 is 17.8 Å². The first-order valence-corrected chi connectivity index (χ1v) is 13.2. The Morgan fingerprint density at radius 3 is 2.61 bits per heavy atom. The zero-order valence-corrected chi connectivity index (χ0v) is 22.4. The molecule has 9 heteroatoms. The van der Waals surface area contributed by atoms with Crippen LogP contribution in [0.1, 0.15) is 63.4 Å². The smallest absolute Gasteiger partial charge is 0.410 e. The van der Waals surface area contributed by atoms with Gasteiger partial charge < -0.3 is 24.4 Å². The molecule has 2 heterocycles. The quantitative estimate of drug-likeness (QED) is 0.555. The number of aromatic nitrogens is 1. The Morgan fingerprint density at radius 2 is 1.89 bits per heavy atom. The average Bonchev–Trinajstić information content (AvgIpc) is 2.85. The van der Waals surface area contributed by atoms with Crippen LogP contribution in [0, 0.1) is 5.92 Å². The summed E-state index contributed by atoms with van der Waals surface area (Å²) in [5, 5.41) is 2.95. The van der Waals surface area contributed by atoms with Crippen molar-refractivity contribution in [2.75, 3.05) is 13.2 Å². The largest absolute Gasteiger partial charge is 0.484 e. The molecular weight excluding hydrogens is 486 g/mol. The standard InChI is InChI=1S/C29H37N3O6/c1-29(2,3)38-27(34)31-24-14-12-21(24)16-32(28(35)37-18-20-8-5-4-6-9-20)17-22-13-15-26-25(30-22)11-7-10-23(33)19-36-26/h4-6,8-9,13,15,21,24H,7,10-12,14,16-19H2,1-3H3,(H,31,34)/t21?,24-/m1/s1. The van der Waals surface area contributed by atoms with Crippen LogP contribution < -0.4 is 10.1 Å². The molecule has 0 spiro atoms. The van der Waals surface area contributed by atoms with Crippen molar-refractivity contribution in [2.45, 2.75) is 77.7 Å². The summed E-state index contributed by atoms with van der Waals surface area (Å²) in [4.78, 5) is 43.7. The number of amides is 2. The van der Waals surface area contributed by atoms with E-state index in [2.05, 4.69) is 5.32 Å². The monoisotopic (exact) mass is 523 g/mol. The van der Waals surface area contributed by atoms with Crippen LogP contribution in [0.25, 0.3) is 0 Å². The van der Waals surface area contributed by atoms with Gasteiger partial charge in [-0.05, 0) is 70.1 Å². The predicted molar refractivity (Wildman–Crippen MR) is 141 cm³/mol. The van der Waals surface area contributed by atoms with Gasteiger partial charge in [-0.25, -0.2) is 9.59 Å². The van der Waals surface area contributed by atoms with Crippen molar-refractivity contribution < 1.29 is 28.6 Å². The fourth-order valence-electron chi connectivity index (χ4n) is 4.55. The molecular formula is C29H37N3O6. The lowest BCUT2D eigenvalue weighted by Gasteiger charge is -2.40. The third kappa shape index (κ3) is 7.94. The number of alkyl carbamates (subject to hydrolysis) is 1. The maximum absolute atomic E-state index is 13.2. The van der Waals surface area contributed by atoms with E-state index in [4.69, 9.17) is 19.2 Å². The first kappa shape index (κ1) is 27.4. The molecule has 2 amide bonds. The number of hydrogen-bond acceptors (Lipinski definition) is 7. The van der Waals surface area contributed by atoms with E-state index in [1.54, 1.807) is 4.90 Å². The highest BCUT2D eigenvalue weighted by Crippen LogP contribution is 2.30. The number of nitrogens with one attached hydrogen (secondary N) is 1. The number of Topliss-reactive ketones (excluding diaryl/α,β-unsaturated/α-hetero) is 1. The van der Waals surface area contributed by atoms with Crippen LogP contribution in [-0.4, -0.2) is 52.6 Å². The van der Waals surface area contributed by atoms with Crippen molar-refractivity contribution >= 4 is 18.0 Å². The zero-order chi connectivity index (χ0) is 27.1. The lowest BCUT2D eigenvalue weighted by Crippen LogP contribution is -2.52. The van der Waals surface area contributed by atoms with Gasteiger partial charge in [0.05, 0.1) is 17.9 Å². The maximum Gasteiger partial charge on any atom is 0.410 e. The average molecular weight is 524 g/mol. The molecule has 1 aliphatic heterocycles. The van der Waals surface area contributed by atoms with Crippen molar-refractivity contribution in [3.8, 4) is 5.75 Å². The fourth-order valence-corrected chi connectivity index (χ4v) is 4.55. The van der Waals surface area contributed by atoms with Crippen LogP contribution in [0.3, 0.4) is 0 Å². The lowest BCUT2D eigenvalue weighted by molar-refractivity contribution is -0.121. The Kier molecular flexibility index (Phi) is 8.86. The van der Waals surface area contributed by atoms with E-state index >= 15 is 0 Å². The topological polar surface area (TPSA) is 107 Å². The van der Waals surface area contributed by atoms with Gasteiger partial charge in [-0.1, -0.05) is 30.3 Å².